The summed E-state index contributed by atoms with van der Waals surface area (Å²) in [5.41, 5.74) is 0.378. The van der Waals surface area contributed by atoms with Crippen molar-refractivity contribution in [3.8, 4) is 0 Å². The molecule has 2 fully saturated rings. The zero-order valence-corrected chi connectivity index (χ0v) is 13.7. The fourth-order valence-electron chi connectivity index (χ4n) is 3.70. The van der Waals surface area contributed by atoms with Gasteiger partial charge in [0.1, 0.15) is 0 Å². The molecule has 3 unspecified atom stereocenters. The van der Waals surface area contributed by atoms with Crippen LogP contribution in [0.25, 0.3) is 0 Å². The number of hydrogen-bond donors (Lipinski definition) is 1. The quantitative estimate of drug-likeness (QED) is 0.836. The lowest BCUT2D eigenvalue weighted by molar-refractivity contribution is 0.211. The minimum absolute atomic E-state index is 0.378. The third-order valence-electron chi connectivity index (χ3n) is 4.92. The third-order valence-corrected chi connectivity index (χ3v) is 7.14. The predicted molar refractivity (Wildman–Crippen MR) is 83.9 cm³/mol. The maximum absolute atomic E-state index is 12.9. The Morgan fingerprint density at radius 1 is 1.21 bits per heavy atom. The van der Waals surface area contributed by atoms with Crippen LogP contribution in [0.15, 0.2) is 0 Å². The van der Waals surface area contributed by atoms with Gasteiger partial charge in [0, 0.05) is 22.1 Å². The zero-order chi connectivity index (χ0) is 13.9. The second-order valence-electron chi connectivity index (χ2n) is 7.24. The average Bonchev–Trinajstić information content (AvgIpc) is 2.89. The molecule has 2 saturated carbocycles. The highest BCUT2D eigenvalue weighted by molar-refractivity contribution is 7.86. The zero-order valence-electron chi connectivity index (χ0n) is 12.9. The minimum Gasteiger partial charge on any atom is -0.313 e. The SMILES string of the molecule is CCCNC1CCC(C)(C)CC1S(=O)C1CCCC1. The van der Waals surface area contributed by atoms with Crippen LogP contribution in [-0.4, -0.2) is 27.3 Å². The van der Waals surface area contributed by atoms with Crippen molar-refractivity contribution in [1.29, 1.82) is 0 Å². The van der Waals surface area contributed by atoms with Gasteiger partial charge in [0.25, 0.3) is 0 Å². The molecule has 1 N–H and O–H groups in total. The molecule has 112 valence electrons. The molecule has 0 spiro atoms. The summed E-state index contributed by atoms with van der Waals surface area (Å²) in [6.07, 6.45) is 9.76. The number of rotatable bonds is 5. The summed E-state index contributed by atoms with van der Waals surface area (Å²) in [5.74, 6) is 0. The summed E-state index contributed by atoms with van der Waals surface area (Å²) in [5, 5.41) is 4.55. The van der Waals surface area contributed by atoms with Crippen molar-refractivity contribution in [3.63, 3.8) is 0 Å². The van der Waals surface area contributed by atoms with Gasteiger partial charge in [-0.25, -0.2) is 0 Å². The Hall–Kier alpha value is 0.110. The van der Waals surface area contributed by atoms with E-state index in [9.17, 15) is 4.21 Å². The van der Waals surface area contributed by atoms with Crippen molar-refractivity contribution in [2.45, 2.75) is 88.7 Å². The summed E-state index contributed by atoms with van der Waals surface area (Å²) in [6.45, 7) is 7.98. The molecule has 0 aromatic heterocycles. The Labute approximate surface area is 121 Å². The Morgan fingerprint density at radius 2 is 1.89 bits per heavy atom. The Bertz CT molecular complexity index is 310. The van der Waals surface area contributed by atoms with Crippen LogP contribution >= 0.6 is 0 Å². The monoisotopic (exact) mass is 285 g/mol. The molecule has 0 aliphatic heterocycles. The first kappa shape index (κ1) is 15.5. The van der Waals surface area contributed by atoms with Gasteiger partial charge in [0.05, 0.1) is 5.25 Å². The van der Waals surface area contributed by atoms with Crippen LogP contribution in [0.1, 0.15) is 72.1 Å². The lowest BCUT2D eigenvalue weighted by atomic mass is 9.75. The lowest BCUT2D eigenvalue weighted by Crippen LogP contribution is -2.50. The van der Waals surface area contributed by atoms with Crippen molar-refractivity contribution >= 4 is 10.8 Å². The normalized spacial score (nSPS) is 33.4. The first-order valence-electron chi connectivity index (χ1n) is 8.16. The van der Waals surface area contributed by atoms with Crippen molar-refractivity contribution in [1.82, 2.24) is 5.32 Å². The van der Waals surface area contributed by atoms with Crippen molar-refractivity contribution in [3.05, 3.63) is 0 Å². The Kier molecular flexibility index (Phi) is 5.47. The molecule has 0 amide bonds. The maximum atomic E-state index is 12.9. The van der Waals surface area contributed by atoms with E-state index in [1.54, 1.807) is 0 Å². The fourth-order valence-corrected chi connectivity index (χ4v) is 6.16. The highest BCUT2D eigenvalue weighted by Gasteiger charge is 2.40. The van der Waals surface area contributed by atoms with E-state index in [-0.39, 0.29) is 0 Å². The van der Waals surface area contributed by atoms with Crippen LogP contribution in [-0.2, 0) is 10.8 Å². The van der Waals surface area contributed by atoms with Crippen LogP contribution in [0.5, 0.6) is 0 Å². The molecular formula is C16H31NOS. The summed E-state index contributed by atoms with van der Waals surface area (Å²) < 4.78 is 12.9. The molecule has 2 aliphatic rings. The van der Waals surface area contributed by atoms with Crippen molar-refractivity contribution in [2.75, 3.05) is 6.54 Å². The van der Waals surface area contributed by atoms with Crippen LogP contribution in [0.3, 0.4) is 0 Å². The lowest BCUT2D eigenvalue weighted by Gasteiger charge is -2.41. The van der Waals surface area contributed by atoms with Gasteiger partial charge in [-0.15, -0.1) is 0 Å². The molecule has 0 heterocycles. The van der Waals surface area contributed by atoms with Gasteiger partial charge in [-0.2, -0.15) is 0 Å². The molecule has 2 rings (SSSR count). The molecule has 0 radical (unpaired) electrons. The fraction of sp³-hybridized carbons (Fsp3) is 1.00. The van der Waals surface area contributed by atoms with E-state index < -0.39 is 10.8 Å². The molecule has 2 nitrogen and oxygen atoms in total. The van der Waals surface area contributed by atoms with Crippen molar-refractivity contribution in [2.24, 2.45) is 5.41 Å². The number of nitrogens with one attached hydrogen (secondary N) is 1. The Morgan fingerprint density at radius 3 is 2.53 bits per heavy atom. The van der Waals surface area contributed by atoms with Gasteiger partial charge in [0.2, 0.25) is 0 Å². The Balaban J connectivity index is 2.03. The molecule has 2 aliphatic carbocycles. The predicted octanol–water partition coefficient (Wildman–Crippen LogP) is 3.62. The summed E-state index contributed by atoms with van der Waals surface area (Å²) in [4.78, 5) is 0. The molecule has 0 saturated heterocycles. The third kappa shape index (κ3) is 4.04. The molecule has 3 atom stereocenters. The van der Waals surface area contributed by atoms with Gasteiger partial charge >= 0.3 is 0 Å². The second-order valence-corrected chi connectivity index (χ2v) is 9.17. The van der Waals surface area contributed by atoms with E-state index in [2.05, 4.69) is 26.1 Å². The van der Waals surface area contributed by atoms with E-state index in [0.29, 0.717) is 22.0 Å². The number of hydrogen-bond acceptors (Lipinski definition) is 2. The average molecular weight is 285 g/mol. The van der Waals surface area contributed by atoms with Crippen LogP contribution < -0.4 is 5.32 Å². The topological polar surface area (TPSA) is 29.1 Å². The smallest absolute Gasteiger partial charge is 0.0509 e. The van der Waals surface area contributed by atoms with E-state index >= 15 is 0 Å². The van der Waals surface area contributed by atoms with E-state index in [1.165, 1.54) is 44.9 Å². The largest absolute Gasteiger partial charge is 0.313 e. The maximum Gasteiger partial charge on any atom is 0.0509 e. The van der Waals surface area contributed by atoms with Gasteiger partial charge in [-0.1, -0.05) is 33.6 Å². The van der Waals surface area contributed by atoms with E-state index in [0.717, 1.165) is 13.0 Å². The standard InChI is InChI=1S/C16H31NOS/c1-4-11-17-14-9-10-16(2,3)12-15(14)19(18)13-7-5-6-8-13/h13-15,17H,4-12H2,1-3H3. The van der Waals surface area contributed by atoms with Crippen molar-refractivity contribution < 1.29 is 4.21 Å². The van der Waals surface area contributed by atoms with E-state index in [1.807, 2.05) is 0 Å². The first-order chi connectivity index (χ1) is 9.03. The second kappa shape index (κ2) is 6.71. The molecule has 3 heteroatoms. The van der Waals surface area contributed by atoms with Gasteiger partial charge in [0.15, 0.2) is 0 Å². The van der Waals surface area contributed by atoms with Crippen LogP contribution in [0, 0.1) is 5.41 Å². The molecule has 0 aromatic rings. The first-order valence-corrected chi connectivity index (χ1v) is 9.44. The summed E-state index contributed by atoms with van der Waals surface area (Å²) in [6, 6.07) is 0.495. The molecule has 0 aromatic carbocycles. The minimum atomic E-state index is -0.624. The highest BCUT2D eigenvalue weighted by Crippen LogP contribution is 2.39. The van der Waals surface area contributed by atoms with Gasteiger partial charge in [-0.05, 0) is 50.5 Å². The molecule has 19 heavy (non-hydrogen) atoms. The van der Waals surface area contributed by atoms with Gasteiger partial charge in [-0.3, -0.25) is 4.21 Å². The summed E-state index contributed by atoms with van der Waals surface area (Å²) in [7, 11) is -0.624. The summed E-state index contributed by atoms with van der Waals surface area (Å²) >= 11 is 0. The van der Waals surface area contributed by atoms with Gasteiger partial charge < -0.3 is 5.32 Å². The van der Waals surface area contributed by atoms with E-state index in [4.69, 9.17) is 0 Å². The van der Waals surface area contributed by atoms with Crippen LogP contribution in [0.2, 0.25) is 0 Å². The van der Waals surface area contributed by atoms with Crippen LogP contribution in [0.4, 0.5) is 0 Å². The molecular weight excluding hydrogens is 254 g/mol. The highest BCUT2D eigenvalue weighted by atomic mass is 32.2. The molecule has 0 bridgehead atoms.